The molecule has 1 aliphatic carbocycles. The third kappa shape index (κ3) is 5.03. The number of fused-ring (bicyclic) bond motifs is 1. The number of rotatable bonds is 5. The standard InChI is InChI=1S/C23H18Cl4N2O5/c24-12-3-6-16(25)19(7-12)28-20(30)10-34-23(33)11-1-4-13(5-2-11)29-21(31)14-8-17(26)18(27)9-15(14)22(29)32/h1-7,14-15,17-18H,8-10H2,(H,28,30)/t14-,15-,17-,18+/m1/s1. The maximum absolute atomic E-state index is 12.8. The molecule has 2 fully saturated rings. The fourth-order valence-electron chi connectivity index (χ4n) is 4.09. The number of benzene rings is 2. The number of nitrogens with one attached hydrogen (secondary N) is 1. The Morgan fingerprint density at radius 3 is 2.12 bits per heavy atom. The molecule has 1 saturated carbocycles. The van der Waals surface area contributed by atoms with Crippen LogP contribution in [0.15, 0.2) is 42.5 Å². The van der Waals surface area contributed by atoms with Gasteiger partial charge in [-0.05, 0) is 55.3 Å². The zero-order valence-corrected chi connectivity index (χ0v) is 20.5. The summed E-state index contributed by atoms with van der Waals surface area (Å²) in [6.07, 6.45) is 0.683. The van der Waals surface area contributed by atoms with Crippen LogP contribution in [0, 0.1) is 11.8 Å². The average Bonchev–Trinajstić information content (AvgIpc) is 3.04. The van der Waals surface area contributed by atoms with Gasteiger partial charge in [-0.2, -0.15) is 0 Å². The Labute approximate surface area is 215 Å². The van der Waals surface area contributed by atoms with Crippen molar-refractivity contribution in [1.82, 2.24) is 0 Å². The lowest BCUT2D eigenvalue weighted by atomic mass is 9.80. The number of amides is 3. The van der Waals surface area contributed by atoms with Crippen molar-refractivity contribution in [2.75, 3.05) is 16.8 Å². The summed E-state index contributed by atoms with van der Waals surface area (Å²) in [5.41, 5.74) is 0.781. The number of carbonyl (C=O) groups is 4. The second-order valence-corrected chi connectivity index (χ2v) is 9.99. The summed E-state index contributed by atoms with van der Waals surface area (Å²) in [5.74, 6) is -2.99. The normalized spacial score (nSPS) is 24.1. The second-order valence-electron chi connectivity index (χ2n) is 8.02. The van der Waals surface area contributed by atoms with E-state index in [1.54, 1.807) is 6.07 Å². The zero-order valence-electron chi connectivity index (χ0n) is 17.5. The SMILES string of the molecule is O=C(COC(=O)c1ccc(N2C(=O)[C@@H]3C[C@@H](Cl)[C@@H](Cl)C[C@H]3C2=O)cc1)Nc1cc(Cl)ccc1Cl. The van der Waals surface area contributed by atoms with Gasteiger partial charge >= 0.3 is 5.97 Å². The highest BCUT2D eigenvalue weighted by Crippen LogP contribution is 2.43. The van der Waals surface area contributed by atoms with E-state index in [0.29, 0.717) is 29.2 Å². The molecule has 3 amide bonds. The lowest BCUT2D eigenvalue weighted by Crippen LogP contribution is -2.34. The van der Waals surface area contributed by atoms with Crippen molar-refractivity contribution in [1.29, 1.82) is 0 Å². The molecule has 34 heavy (non-hydrogen) atoms. The Hall–Kier alpha value is -2.32. The van der Waals surface area contributed by atoms with Gasteiger partial charge in [-0.25, -0.2) is 4.79 Å². The molecule has 4 atom stereocenters. The molecule has 0 spiro atoms. The van der Waals surface area contributed by atoms with Crippen molar-refractivity contribution >= 4 is 81.5 Å². The van der Waals surface area contributed by atoms with Gasteiger partial charge in [-0.15, -0.1) is 23.2 Å². The molecule has 7 nitrogen and oxygen atoms in total. The first-order valence-electron chi connectivity index (χ1n) is 10.3. The van der Waals surface area contributed by atoms with Crippen LogP contribution < -0.4 is 10.2 Å². The number of alkyl halides is 2. The van der Waals surface area contributed by atoms with E-state index in [4.69, 9.17) is 51.1 Å². The Morgan fingerprint density at radius 2 is 1.53 bits per heavy atom. The van der Waals surface area contributed by atoms with Crippen LogP contribution in [0.4, 0.5) is 11.4 Å². The Bertz CT molecular complexity index is 1130. The third-order valence-electron chi connectivity index (χ3n) is 5.81. The first kappa shape index (κ1) is 24.8. The fourth-order valence-corrected chi connectivity index (χ4v) is 5.02. The Morgan fingerprint density at radius 1 is 0.941 bits per heavy atom. The van der Waals surface area contributed by atoms with E-state index >= 15 is 0 Å². The van der Waals surface area contributed by atoms with Gasteiger partial charge in [0.25, 0.3) is 5.91 Å². The first-order chi connectivity index (χ1) is 16.2. The molecule has 1 saturated heterocycles. The van der Waals surface area contributed by atoms with E-state index in [2.05, 4.69) is 5.32 Å². The third-order valence-corrected chi connectivity index (χ3v) is 7.47. The Balaban J connectivity index is 1.37. The second kappa shape index (κ2) is 10.1. The maximum Gasteiger partial charge on any atom is 0.338 e. The molecule has 2 aromatic carbocycles. The van der Waals surface area contributed by atoms with Crippen molar-refractivity contribution in [3.8, 4) is 0 Å². The van der Waals surface area contributed by atoms with Crippen LogP contribution >= 0.6 is 46.4 Å². The van der Waals surface area contributed by atoms with Gasteiger partial charge in [0.15, 0.2) is 6.61 Å². The van der Waals surface area contributed by atoms with E-state index in [1.807, 2.05) is 0 Å². The van der Waals surface area contributed by atoms with Crippen molar-refractivity contribution in [3.05, 3.63) is 58.1 Å². The smallest absolute Gasteiger partial charge is 0.338 e. The van der Waals surface area contributed by atoms with E-state index in [9.17, 15) is 19.2 Å². The minimum atomic E-state index is -0.749. The summed E-state index contributed by atoms with van der Waals surface area (Å²) in [4.78, 5) is 51.2. The number of carbonyl (C=O) groups excluding carboxylic acids is 4. The van der Waals surface area contributed by atoms with Gasteiger partial charge in [0.1, 0.15) is 0 Å². The first-order valence-corrected chi connectivity index (χ1v) is 12.0. The number of halogens is 4. The van der Waals surface area contributed by atoms with Crippen LogP contribution in [-0.2, 0) is 19.1 Å². The average molecular weight is 544 g/mol. The monoisotopic (exact) mass is 542 g/mol. The minimum Gasteiger partial charge on any atom is -0.452 e. The summed E-state index contributed by atoms with van der Waals surface area (Å²) in [7, 11) is 0. The van der Waals surface area contributed by atoms with E-state index < -0.39 is 30.3 Å². The molecule has 0 radical (unpaired) electrons. The zero-order chi connectivity index (χ0) is 24.6. The summed E-state index contributed by atoms with van der Waals surface area (Å²) >= 11 is 24.3. The molecule has 1 aliphatic heterocycles. The highest BCUT2D eigenvalue weighted by molar-refractivity contribution is 6.35. The predicted molar refractivity (Wildman–Crippen MR) is 130 cm³/mol. The molecule has 0 unspecified atom stereocenters. The summed E-state index contributed by atoms with van der Waals surface area (Å²) in [6.45, 7) is -0.547. The number of hydrogen-bond donors (Lipinski definition) is 1. The number of ether oxygens (including phenoxy) is 1. The molecule has 0 bridgehead atoms. The molecule has 0 aromatic heterocycles. The molecular weight excluding hydrogens is 526 g/mol. The maximum atomic E-state index is 12.8. The highest BCUT2D eigenvalue weighted by Gasteiger charge is 2.52. The van der Waals surface area contributed by atoms with Gasteiger partial charge in [-0.3, -0.25) is 19.3 Å². The quantitative estimate of drug-likeness (QED) is 0.329. The topological polar surface area (TPSA) is 92.8 Å². The van der Waals surface area contributed by atoms with Crippen LogP contribution in [-0.4, -0.2) is 41.1 Å². The molecular formula is C23H18Cl4N2O5. The number of hydrogen-bond acceptors (Lipinski definition) is 5. The van der Waals surface area contributed by atoms with Gasteiger partial charge in [0.05, 0.1) is 44.6 Å². The molecule has 4 rings (SSSR count). The van der Waals surface area contributed by atoms with E-state index in [-0.39, 0.29) is 33.2 Å². The number of anilines is 2. The van der Waals surface area contributed by atoms with Gasteiger partial charge in [-0.1, -0.05) is 23.2 Å². The summed E-state index contributed by atoms with van der Waals surface area (Å²) in [5, 5.41) is 2.44. The van der Waals surface area contributed by atoms with Crippen molar-refractivity contribution in [3.63, 3.8) is 0 Å². The van der Waals surface area contributed by atoms with Gasteiger partial charge in [0.2, 0.25) is 11.8 Å². The largest absolute Gasteiger partial charge is 0.452 e. The molecule has 1 N–H and O–H groups in total. The molecule has 2 aliphatic rings. The number of esters is 1. The van der Waals surface area contributed by atoms with Gasteiger partial charge < -0.3 is 10.1 Å². The lowest BCUT2D eigenvalue weighted by molar-refractivity contribution is -0.122. The summed E-state index contributed by atoms with van der Waals surface area (Å²) < 4.78 is 5.04. The van der Waals surface area contributed by atoms with E-state index in [0.717, 1.165) is 4.90 Å². The summed E-state index contributed by atoms with van der Waals surface area (Å²) in [6, 6.07) is 10.4. The molecule has 11 heteroatoms. The predicted octanol–water partition coefficient (Wildman–Crippen LogP) is 4.90. The molecule has 2 aromatic rings. The van der Waals surface area contributed by atoms with Crippen molar-refractivity contribution in [2.24, 2.45) is 11.8 Å². The number of nitrogens with zero attached hydrogens (tertiary/aromatic N) is 1. The number of imide groups is 1. The van der Waals surface area contributed by atoms with Crippen LogP contribution in [0.2, 0.25) is 10.0 Å². The molecule has 178 valence electrons. The van der Waals surface area contributed by atoms with Crippen LogP contribution in [0.3, 0.4) is 0 Å². The minimum absolute atomic E-state index is 0.149. The van der Waals surface area contributed by atoms with Crippen molar-refractivity contribution in [2.45, 2.75) is 23.6 Å². The van der Waals surface area contributed by atoms with Crippen LogP contribution in [0.25, 0.3) is 0 Å². The Kier molecular flexibility index (Phi) is 7.38. The van der Waals surface area contributed by atoms with Crippen LogP contribution in [0.5, 0.6) is 0 Å². The van der Waals surface area contributed by atoms with Gasteiger partial charge in [0, 0.05) is 5.02 Å². The lowest BCUT2D eigenvalue weighted by Gasteiger charge is -2.28. The van der Waals surface area contributed by atoms with E-state index in [1.165, 1.54) is 36.4 Å². The highest BCUT2D eigenvalue weighted by atomic mass is 35.5. The fraction of sp³-hybridized carbons (Fsp3) is 0.304. The van der Waals surface area contributed by atoms with Crippen LogP contribution in [0.1, 0.15) is 23.2 Å². The van der Waals surface area contributed by atoms with Crippen molar-refractivity contribution < 1.29 is 23.9 Å². The molecule has 1 heterocycles.